The van der Waals surface area contributed by atoms with Crippen LogP contribution in [0.25, 0.3) is 0 Å². The van der Waals surface area contributed by atoms with E-state index in [1.165, 1.54) is 4.31 Å². The minimum atomic E-state index is -3.74. The summed E-state index contributed by atoms with van der Waals surface area (Å²) >= 11 is 9.00. The number of hydrogen-bond donors (Lipinski definition) is 1. The summed E-state index contributed by atoms with van der Waals surface area (Å²) in [5.41, 5.74) is 0. The Morgan fingerprint density at radius 2 is 2.14 bits per heavy atom. The van der Waals surface area contributed by atoms with Gasteiger partial charge in [0.15, 0.2) is 0 Å². The SMILES string of the molecule is CNC1CCCN(S(=O)(=O)c2c(Cl)cc(F)cc2Br)C1.Cl. The van der Waals surface area contributed by atoms with Gasteiger partial charge in [0.25, 0.3) is 0 Å². The molecule has 0 bridgehead atoms. The second kappa shape index (κ2) is 7.57. The Morgan fingerprint density at radius 1 is 1.48 bits per heavy atom. The molecule has 0 aliphatic carbocycles. The number of likely N-dealkylation sites (N-methyl/N-ethyl adjacent to an activating group) is 1. The van der Waals surface area contributed by atoms with E-state index in [1.54, 1.807) is 0 Å². The van der Waals surface area contributed by atoms with Gasteiger partial charge < -0.3 is 5.32 Å². The highest BCUT2D eigenvalue weighted by atomic mass is 79.9. The fourth-order valence-electron chi connectivity index (χ4n) is 2.30. The summed E-state index contributed by atoms with van der Waals surface area (Å²) in [5.74, 6) is -0.576. The Hall–Kier alpha value is 0.0800. The lowest BCUT2D eigenvalue weighted by molar-refractivity contribution is 0.292. The molecular formula is C12H16BrCl2FN2O2S. The average molecular weight is 422 g/mol. The fourth-order valence-corrected chi connectivity index (χ4v) is 5.57. The Labute approximate surface area is 143 Å². The van der Waals surface area contributed by atoms with Crippen molar-refractivity contribution in [3.8, 4) is 0 Å². The van der Waals surface area contributed by atoms with Gasteiger partial charge in [-0.25, -0.2) is 12.8 Å². The van der Waals surface area contributed by atoms with Gasteiger partial charge in [0.2, 0.25) is 10.0 Å². The third-order valence-electron chi connectivity index (χ3n) is 3.35. The van der Waals surface area contributed by atoms with Crippen LogP contribution in [-0.2, 0) is 10.0 Å². The van der Waals surface area contributed by atoms with Gasteiger partial charge in [-0.2, -0.15) is 4.31 Å². The summed E-state index contributed by atoms with van der Waals surface area (Å²) in [5, 5.41) is 2.98. The summed E-state index contributed by atoms with van der Waals surface area (Å²) in [6.07, 6.45) is 1.71. The Morgan fingerprint density at radius 3 is 2.71 bits per heavy atom. The molecule has 1 aromatic carbocycles. The van der Waals surface area contributed by atoms with Gasteiger partial charge in [-0.1, -0.05) is 11.6 Å². The Balaban J connectivity index is 0.00000220. The lowest BCUT2D eigenvalue weighted by Gasteiger charge is -2.32. The average Bonchev–Trinajstić information content (AvgIpc) is 2.37. The number of nitrogens with one attached hydrogen (secondary N) is 1. The van der Waals surface area contributed by atoms with E-state index in [2.05, 4.69) is 21.2 Å². The van der Waals surface area contributed by atoms with Crippen LogP contribution >= 0.6 is 39.9 Å². The highest BCUT2D eigenvalue weighted by molar-refractivity contribution is 9.10. The molecule has 0 amide bonds. The molecule has 1 unspecified atom stereocenters. The van der Waals surface area contributed by atoms with Gasteiger partial charge >= 0.3 is 0 Å². The molecule has 1 N–H and O–H groups in total. The Bertz CT molecular complexity index is 592. The maximum atomic E-state index is 13.2. The summed E-state index contributed by atoms with van der Waals surface area (Å²) in [4.78, 5) is -0.0719. The first-order valence-electron chi connectivity index (χ1n) is 6.18. The van der Waals surface area contributed by atoms with E-state index in [4.69, 9.17) is 11.6 Å². The van der Waals surface area contributed by atoms with E-state index in [-0.39, 0.29) is 32.8 Å². The highest BCUT2D eigenvalue weighted by Gasteiger charge is 2.32. The summed E-state index contributed by atoms with van der Waals surface area (Å²) in [6.45, 7) is 0.833. The number of sulfonamides is 1. The monoisotopic (exact) mass is 420 g/mol. The molecule has 1 atom stereocenters. The number of benzene rings is 1. The van der Waals surface area contributed by atoms with Gasteiger partial charge in [-0.3, -0.25) is 0 Å². The van der Waals surface area contributed by atoms with Crippen LogP contribution in [0.3, 0.4) is 0 Å². The van der Waals surface area contributed by atoms with Gasteiger partial charge in [0.1, 0.15) is 10.7 Å². The standard InChI is InChI=1S/C12H15BrClFN2O2S.ClH/c1-16-9-3-2-4-17(7-9)20(18,19)12-10(13)5-8(15)6-11(12)14;/h5-6,9,16H,2-4,7H2,1H3;1H. The summed E-state index contributed by atoms with van der Waals surface area (Å²) < 4.78 is 40.1. The molecule has 1 fully saturated rings. The summed E-state index contributed by atoms with van der Waals surface area (Å²) in [7, 11) is -1.93. The zero-order valence-corrected chi connectivity index (χ0v) is 15.2. The van der Waals surface area contributed by atoms with Gasteiger partial charge in [0, 0.05) is 23.6 Å². The molecule has 120 valence electrons. The van der Waals surface area contributed by atoms with Gasteiger partial charge in [0.05, 0.1) is 5.02 Å². The van der Waals surface area contributed by atoms with E-state index in [1.807, 2.05) is 7.05 Å². The first-order chi connectivity index (χ1) is 9.36. The molecule has 1 aromatic rings. The normalized spacial score (nSPS) is 20.1. The van der Waals surface area contributed by atoms with Crippen LogP contribution in [0.15, 0.2) is 21.5 Å². The van der Waals surface area contributed by atoms with Crippen molar-refractivity contribution in [2.75, 3.05) is 20.1 Å². The van der Waals surface area contributed by atoms with Crippen molar-refractivity contribution in [2.24, 2.45) is 0 Å². The van der Waals surface area contributed by atoms with Gasteiger partial charge in [-0.05, 0) is 48.0 Å². The van der Waals surface area contributed by atoms with Crippen LogP contribution < -0.4 is 5.32 Å². The molecule has 4 nitrogen and oxygen atoms in total. The van der Waals surface area contributed by atoms with Crippen LogP contribution in [-0.4, -0.2) is 38.9 Å². The van der Waals surface area contributed by atoms with E-state index < -0.39 is 15.8 Å². The fraction of sp³-hybridized carbons (Fsp3) is 0.500. The molecule has 0 aromatic heterocycles. The first kappa shape index (κ1) is 19.1. The van der Waals surface area contributed by atoms with Crippen molar-refractivity contribution in [3.63, 3.8) is 0 Å². The molecule has 21 heavy (non-hydrogen) atoms. The third-order valence-corrected chi connectivity index (χ3v) is 6.62. The van der Waals surface area contributed by atoms with Crippen LogP contribution in [0.5, 0.6) is 0 Å². The quantitative estimate of drug-likeness (QED) is 0.815. The van der Waals surface area contributed by atoms with E-state index in [9.17, 15) is 12.8 Å². The van der Waals surface area contributed by atoms with Crippen molar-refractivity contribution in [1.82, 2.24) is 9.62 Å². The maximum absolute atomic E-state index is 13.2. The molecule has 9 heteroatoms. The zero-order valence-electron chi connectivity index (χ0n) is 11.3. The van der Waals surface area contributed by atoms with Crippen LogP contribution in [0.2, 0.25) is 5.02 Å². The molecule has 1 saturated heterocycles. The zero-order chi connectivity index (χ0) is 14.9. The summed E-state index contributed by atoms with van der Waals surface area (Å²) in [6, 6.07) is 2.24. The first-order valence-corrected chi connectivity index (χ1v) is 8.79. The second-order valence-electron chi connectivity index (χ2n) is 4.69. The van der Waals surface area contributed by atoms with Crippen molar-refractivity contribution in [2.45, 2.75) is 23.8 Å². The number of rotatable bonds is 3. The smallest absolute Gasteiger partial charge is 0.245 e. The molecule has 2 rings (SSSR count). The highest BCUT2D eigenvalue weighted by Crippen LogP contribution is 2.33. The predicted octanol–water partition coefficient (Wildman–Crippen LogP) is 3.04. The molecular weight excluding hydrogens is 406 g/mol. The minimum absolute atomic E-state index is 0. The number of piperidine rings is 1. The lowest BCUT2D eigenvalue weighted by Crippen LogP contribution is -2.46. The van der Waals surface area contributed by atoms with Crippen LogP contribution in [0.4, 0.5) is 4.39 Å². The van der Waals surface area contributed by atoms with E-state index in [0.29, 0.717) is 13.1 Å². The van der Waals surface area contributed by atoms with Crippen molar-refractivity contribution >= 4 is 50.0 Å². The molecule has 0 radical (unpaired) electrons. The second-order valence-corrected chi connectivity index (χ2v) is 7.83. The molecule has 1 aliphatic heterocycles. The predicted molar refractivity (Wildman–Crippen MR) is 87.2 cm³/mol. The third kappa shape index (κ3) is 4.09. The number of hydrogen-bond acceptors (Lipinski definition) is 3. The van der Waals surface area contributed by atoms with Crippen LogP contribution in [0.1, 0.15) is 12.8 Å². The maximum Gasteiger partial charge on any atom is 0.245 e. The van der Waals surface area contributed by atoms with Gasteiger partial charge in [-0.15, -0.1) is 12.4 Å². The molecule has 1 heterocycles. The van der Waals surface area contributed by atoms with E-state index in [0.717, 1.165) is 25.0 Å². The largest absolute Gasteiger partial charge is 0.316 e. The minimum Gasteiger partial charge on any atom is -0.316 e. The van der Waals surface area contributed by atoms with Crippen LogP contribution in [0, 0.1) is 5.82 Å². The topological polar surface area (TPSA) is 49.4 Å². The van der Waals surface area contributed by atoms with Crippen molar-refractivity contribution < 1.29 is 12.8 Å². The van der Waals surface area contributed by atoms with E-state index >= 15 is 0 Å². The lowest BCUT2D eigenvalue weighted by atomic mass is 10.1. The number of halogens is 4. The number of nitrogens with zero attached hydrogens (tertiary/aromatic N) is 1. The molecule has 0 saturated carbocycles. The Kier molecular flexibility index (Phi) is 6.89. The van der Waals surface area contributed by atoms with Crippen molar-refractivity contribution in [1.29, 1.82) is 0 Å². The van der Waals surface area contributed by atoms with Crippen molar-refractivity contribution in [3.05, 3.63) is 27.4 Å². The molecule has 0 spiro atoms. The molecule has 1 aliphatic rings.